The van der Waals surface area contributed by atoms with Crippen molar-refractivity contribution < 1.29 is 19.4 Å². The Morgan fingerprint density at radius 3 is 2.47 bits per heavy atom. The van der Waals surface area contributed by atoms with E-state index in [1.54, 1.807) is 7.11 Å². The van der Waals surface area contributed by atoms with Gasteiger partial charge in [-0.05, 0) is 13.3 Å². The van der Waals surface area contributed by atoms with Gasteiger partial charge in [0.15, 0.2) is 0 Å². The number of likely N-dealkylation sites (N-methyl/N-ethyl adjacent to an activating group) is 1. The van der Waals surface area contributed by atoms with Gasteiger partial charge < -0.3 is 20.1 Å². The van der Waals surface area contributed by atoms with E-state index in [-0.39, 0.29) is 6.03 Å². The second kappa shape index (κ2) is 8.81. The Morgan fingerprint density at radius 1 is 1.41 bits per heavy atom. The van der Waals surface area contributed by atoms with Gasteiger partial charge in [0.25, 0.3) is 0 Å². The van der Waals surface area contributed by atoms with Crippen LogP contribution in [0.25, 0.3) is 0 Å². The third-order valence-electron chi connectivity index (χ3n) is 2.41. The van der Waals surface area contributed by atoms with Gasteiger partial charge in [-0.25, -0.2) is 9.59 Å². The van der Waals surface area contributed by atoms with Gasteiger partial charge in [0.05, 0.1) is 6.61 Å². The number of carbonyl (C=O) groups is 2. The molecule has 0 bridgehead atoms. The van der Waals surface area contributed by atoms with E-state index in [9.17, 15) is 9.59 Å². The zero-order chi connectivity index (χ0) is 13.3. The lowest BCUT2D eigenvalue weighted by molar-refractivity contribution is -0.139. The second-order valence-electron chi connectivity index (χ2n) is 3.70. The van der Waals surface area contributed by atoms with Gasteiger partial charge in [0, 0.05) is 20.2 Å². The highest BCUT2D eigenvalue weighted by Gasteiger charge is 2.21. The molecule has 0 aromatic rings. The van der Waals surface area contributed by atoms with Gasteiger partial charge in [0.2, 0.25) is 0 Å². The summed E-state index contributed by atoms with van der Waals surface area (Å²) >= 11 is 0. The monoisotopic (exact) mass is 246 g/mol. The van der Waals surface area contributed by atoms with Crippen molar-refractivity contribution in [2.75, 3.05) is 26.8 Å². The molecule has 0 saturated carbocycles. The maximum Gasteiger partial charge on any atom is 0.326 e. The molecule has 0 fully saturated rings. The average Bonchev–Trinajstić information content (AvgIpc) is 2.29. The summed E-state index contributed by atoms with van der Waals surface area (Å²) in [6.07, 6.45) is 1.14. The minimum absolute atomic E-state index is 0.356. The van der Waals surface area contributed by atoms with Crippen LogP contribution < -0.4 is 5.32 Å². The van der Waals surface area contributed by atoms with Crippen molar-refractivity contribution in [3.63, 3.8) is 0 Å². The third-order valence-corrected chi connectivity index (χ3v) is 2.41. The van der Waals surface area contributed by atoms with Crippen molar-refractivity contribution in [3.05, 3.63) is 0 Å². The van der Waals surface area contributed by atoms with Gasteiger partial charge in [-0.15, -0.1) is 0 Å². The Morgan fingerprint density at radius 2 is 2.06 bits per heavy atom. The average molecular weight is 246 g/mol. The van der Waals surface area contributed by atoms with Crippen LogP contribution in [-0.4, -0.2) is 54.9 Å². The van der Waals surface area contributed by atoms with Crippen LogP contribution in [-0.2, 0) is 9.53 Å². The molecule has 0 heterocycles. The highest BCUT2D eigenvalue weighted by atomic mass is 16.5. The molecule has 0 aromatic heterocycles. The summed E-state index contributed by atoms with van der Waals surface area (Å²) in [5.41, 5.74) is 0. The van der Waals surface area contributed by atoms with Crippen LogP contribution in [0, 0.1) is 0 Å². The van der Waals surface area contributed by atoms with Gasteiger partial charge in [-0.3, -0.25) is 0 Å². The predicted octanol–water partition coefficient (Wildman–Crippen LogP) is 0.918. The number of methoxy groups -OCH3 is 1. The Hall–Kier alpha value is -1.30. The zero-order valence-corrected chi connectivity index (χ0v) is 10.7. The number of carboxylic acid groups (broad SMARTS) is 1. The first kappa shape index (κ1) is 15.7. The molecule has 6 heteroatoms. The molecule has 0 aliphatic rings. The van der Waals surface area contributed by atoms with Crippen LogP contribution in [0.2, 0.25) is 0 Å². The van der Waals surface area contributed by atoms with Gasteiger partial charge >= 0.3 is 12.0 Å². The summed E-state index contributed by atoms with van der Waals surface area (Å²) in [7, 11) is 1.56. The van der Waals surface area contributed by atoms with E-state index in [0.717, 1.165) is 0 Å². The molecular formula is C11H22N2O4. The van der Waals surface area contributed by atoms with E-state index in [1.165, 1.54) is 4.90 Å². The number of carbonyl (C=O) groups excluding carboxylic acids is 1. The minimum Gasteiger partial charge on any atom is -0.480 e. The summed E-state index contributed by atoms with van der Waals surface area (Å²) < 4.78 is 4.89. The summed E-state index contributed by atoms with van der Waals surface area (Å²) in [5, 5.41) is 11.4. The van der Waals surface area contributed by atoms with Crippen LogP contribution in [0.3, 0.4) is 0 Å². The molecule has 0 aliphatic heterocycles. The van der Waals surface area contributed by atoms with Gasteiger partial charge in [-0.1, -0.05) is 13.3 Å². The van der Waals surface area contributed by atoms with E-state index in [2.05, 4.69) is 5.32 Å². The molecule has 17 heavy (non-hydrogen) atoms. The topological polar surface area (TPSA) is 78.9 Å². The molecular weight excluding hydrogens is 224 g/mol. The number of amides is 2. The van der Waals surface area contributed by atoms with Gasteiger partial charge in [0.1, 0.15) is 6.04 Å². The van der Waals surface area contributed by atoms with Crippen molar-refractivity contribution in [3.8, 4) is 0 Å². The summed E-state index contributed by atoms with van der Waals surface area (Å²) in [4.78, 5) is 24.2. The SMILES string of the molecule is CCCC(NC(=O)N(CC)CCOC)C(=O)O. The van der Waals surface area contributed by atoms with Gasteiger partial charge in [-0.2, -0.15) is 0 Å². The summed E-state index contributed by atoms with van der Waals surface area (Å²) in [5.74, 6) is -0.997. The van der Waals surface area contributed by atoms with E-state index >= 15 is 0 Å². The molecule has 1 unspecified atom stereocenters. The van der Waals surface area contributed by atoms with Crippen molar-refractivity contribution in [2.24, 2.45) is 0 Å². The molecule has 0 aromatic carbocycles. The molecule has 0 saturated heterocycles. The van der Waals surface area contributed by atoms with Crippen LogP contribution in [0.4, 0.5) is 4.79 Å². The number of nitrogens with zero attached hydrogens (tertiary/aromatic N) is 1. The molecule has 2 N–H and O–H groups in total. The van der Waals surface area contributed by atoms with Crippen molar-refractivity contribution in [1.82, 2.24) is 10.2 Å². The Bertz CT molecular complexity index is 246. The van der Waals surface area contributed by atoms with Crippen molar-refractivity contribution in [2.45, 2.75) is 32.7 Å². The largest absolute Gasteiger partial charge is 0.480 e. The normalized spacial score (nSPS) is 11.9. The lowest BCUT2D eigenvalue weighted by atomic mass is 10.2. The molecule has 2 amide bonds. The molecule has 100 valence electrons. The van der Waals surface area contributed by atoms with Crippen molar-refractivity contribution >= 4 is 12.0 Å². The second-order valence-corrected chi connectivity index (χ2v) is 3.70. The molecule has 0 radical (unpaired) electrons. The quantitative estimate of drug-likeness (QED) is 0.667. The maximum atomic E-state index is 11.8. The van der Waals surface area contributed by atoms with Crippen molar-refractivity contribution in [1.29, 1.82) is 0 Å². The number of ether oxygens (including phenoxy) is 1. The fourth-order valence-electron chi connectivity index (χ4n) is 1.39. The lowest BCUT2D eigenvalue weighted by Gasteiger charge is -2.23. The predicted molar refractivity (Wildman–Crippen MR) is 64.0 cm³/mol. The molecule has 1 atom stereocenters. The number of carboxylic acids is 1. The number of hydrogen-bond donors (Lipinski definition) is 2. The first-order chi connectivity index (χ1) is 8.06. The highest BCUT2D eigenvalue weighted by Crippen LogP contribution is 1.99. The number of aliphatic carboxylic acids is 1. The minimum atomic E-state index is -0.997. The fraction of sp³-hybridized carbons (Fsp3) is 0.818. The van der Waals surface area contributed by atoms with E-state index in [4.69, 9.17) is 9.84 Å². The van der Waals surface area contributed by atoms with Crippen LogP contribution in [0.1, 0.15) is 26.7 Å². The fourth-order valence-corrected chi connectivity index (χ4v) is 1.39. The zero-order valence-electron chi connectivity index (χ0n) is 10.7. The Balaban J connectivity index is 4.30. The molecule has 0 aliphatic carbocycles. The summed E-state index contributed by atoms with van der Waals surface area (Å²) in [6, 6.07) is -1.17. The molecule has 0 spiro atoms. The van der Waals surface area contributed by atoms with E-state index < -0.39 is 12.0 Å². The highest BCUT2D eigenvalue weighted by molar-refractivity contribution is 5.82. The summed E-state index contributed by atoms with van der Waals surface area (Å²) in [6.45, 7) is 5.13. The van der Waals surface area contributed by atoms with E-state index in [1.807, 2.05) is 13.8 Å². The van der Waals surface area contributed by atoms with Crippen LogP contribution >= 0.6 is 0 Å². The Kier molecular flexibility index (Phi) is 8.13. The smallest absolute Gasteiger partial charge is 0.326 e. The van der Waals surface area contributed by atoms with Crippen LogP contribution in [0.5, 0.6) is 0 Å². The van der Waals surface area contributed by atoms with E-state index in [0.29, 0.717) is 32.5 Å². The number of hydrogen-bond acceptors (Lipinski definition) is 3. The molecule has 0 rings (SSSR count). The standard InChI is InChI=1S/C11H22N2O4/c1-4-6-9(10(14)15)12-11(16)13(5-2)7-8-17-3/h9H,4-8H2,1-3H3,(H,12,16)(H,14,15). The number of nitrogens with one attached hydrogen (secondary N) is 1. The lowest BCUT2D eigenvalue weighted by Crippen LogP contribution is -2.48. The van der Waals surface area contributed by atoms with Crippen LogP contribution in [0.15, 0.2) is 0 Å². The number of rotatable bonds is 8. The number of urea groups is 1. The maximum absolute atomic E-state index is 11.8. The third kappa shape index (κ3) is 6.11. The Labute approximate surface area is 102 Å². The first-order valence-electron chi connectivity index (χ1n) is 5.83. The first-order valence-corrected chi connectivity index (χ1v) is 5.83. The molecule has 6 nitrogen and oxygen atoms in total.